The van der Waals surface area contributed by atoms with E-state index < -0.39 is 0 Å². The lowest BCUT2D eigenvalue weighted by atomic mass is 9.91. The van der Waals surface area contributed by atoms with Crippen molar-refractivity contribution in [2.45, 2.75) is 18.8 Å². The number of nitrogens with zero attached hydrogens (tertiary/aromatic N) is 4. The molecule has 3 aromatic rings. The highest BCUT2D eigenvalue weighted by Crippen LogP contribution is 2.32. The average molecular weight is 362 g/mol. The summed E-state index contributed by atoms with van der Waals surface area (Å²) in [7, 11) is 0. The summed E-state index contributed by atoms with van der Waals surface area (Å²) in [6.45, 7) is 1.29. The van der Waals surface area contributed by atoms with Gasteiger partial charge in [0.05, 0.1) is 11.4 Å². The van der Waals surface area contributed by atoms with Gasteiger partial charge in [-0.2, -0.15) is 0 Å². The third-order valence-corrected chi connectivity index (χ3v) is 4.85. The van der Waals surface area contributed by atoms with Gasteiger partial charge in [0.1, 0.15) is 5.82 Å². The molecule has 0 aliphatic carbocycles. The number of amides is 1. The topological polar surface area (TPSA) is 59.0 Å². The van der Waals surface area contributed by atoms with Crippen LogP contribution < -0.4 is 0 Å². The molecule has 1 unspecified atom stereocenters. The normalized spacial score (nSPS) is 16.9. The molecule has 3 heterocycles. The Bertz CT molecular complexity index is 948. The van der Waals surface area contributed by atoms with Crippen molar-refractivity contribution in [2.24, 2.45) is 0 Å². The summed E-state index contributed by atoms with van der Waals surface area (Å²) in [6.07, 6.45) is 8.33. The van der Waals surface area contributed by atoms with E-state index in [0.717, 1.165) is 18.5 Å². The van der Waals surface area contributed by atoms with Gasteiger partial charge in [-0.25, -0.2) is 4.39 Å². The fraction of sp³-hybridized carbons (Fsp3) is 0.238. The summed E-state index contributed by atoms with van der Waals surface area (Å²) in [5, 5.41) is 0. The zero-order chi connectivity index (χ0) is 18.6. The van der Waals surface area contributed by atoms with Crippen LogP contribution in [-0.2, 0) is 0 Å². The fourth-order valence-electron chi connectivity index (χ4n) is 3.57. The van der Waals surface area contributed by atoms with Crippen LogP contribution in [0.3, 0.4) is 0 Å². The molecule has 1 aliphatic heterocycles. The fourth-order valence-corrected chi connectivity index (χ4v) is 3.57. The Kier molecular flexibility index (Phi) is 4.87. The smallest absolute Gasteiger partial charge is 0.253 e. The molecular formula is C21H19FN4O. The van der Waals surface area contributed by atoms with Crippen LogP contribution in [0, 0.1) is 5.82 Å². The Morgan fingerprint density at radius 1 is 1.07 bits per heavy atom. The molecule has 1 saturated heterocycles. The van der Waals surface area contributed by atoms with Crippen LogP contribution in [0.1, 0.15) is 34.8 Å². The molecule has 4 rings (SSSR count). The van der Waals surface area contributed by atoms with Crippen molar-refractivity contribution in [1.82, 2.24) is 19.9 Å². The molecule has 2 aromatic heterocycles. The Labute approximate surface area is 156 Å². The average Bonchev–Trinajstić information content (AvgIpc) is 2.74. The molecule has 1 aliphatic rings. The molecular weight excluding hydrogens is 343 g/mol. The number of halogens is 1. The van der Waals surface area contributed by atoms with Crippen molar-refractivity contribution >= 4 is 5.91 Å². The second-order valence-corrected chi connectivity index (χ2v) is 6.63. The van der Waals surface area contributed by atoms with E-state index in [-0.39, 0.29) is 17.6 Å². The number of carbonyl (C=O) groups is 1. The molecule has 0 N–H and O–H groups in total. The van der Waals surface area contributed by atoms with E-state index in [2.05, 4.69) is 15.0 Å². The molecule has 27 heavy (non-hydrogen) atoms. The van der Waals surface area contributed by atoms with Gasteiger partial charge in [-0.15, -0.1) is 0 Å². The van der Waals surface area contributed by atoms with Gasteiger partial charge >= 0.3 is 0 Å². The SMILES string of the molecule is O=C(c1ccncc1)N1CCCC(c2nccnc2-c2cccc(F)c2)C1. The molecule has 1 aromatic carbocycles. The van der Waals surface area contributed by atoms with Crippen molar-refractivity contribution in [1.29, 1.82) is 0 Å². The molecule has 0 bridgehead atoms. The van der Waals surface area contributed by atoms with Gasteiger partial charge in [0, 0.05) is 54.9 Å². The van der Waals surface area contributed by atoms with Crippen LogP contribution in [-0.4, -0.2) is 38.8 Å². The summed E-state index contributed by atoms with van der Waals surface area (Å²) in [4.78, 5) is 27.6. The molecule has 6 heteroatoms. The summed E-state index contributed by atoms with van der Waals surface area (Å²) in [5.41, 5.74) is 2.83. The quantitative estimate of drug-likeness (QED) is 0.713. The van der Waals surface area contributed by atoms with Crippen molar-refractivity contribution < 1.29 is 9.18 Å². The number of hydrogen-bond donors (Lipinski definition) is 0. The second-order valence-electron chi connectivity index (χ2n) is 6.63. The largest absolute Gasteiger partial charge is 0.338 e. The van der Waals surface area contributed by atoms with E-state index in [0.29, 0.717) is 29.9 Å². The number of benzene rings is 1. The maximum absolute atomic E-state index is 13.7. The lowest BCUT2D eigenvalue weighted by Crippen LogP contribution is -2.39. The highest BCUT2D eigenvalue weighted by Gasteiger charge is 2.28. The Morgan fingerprint density at radius 3 is 2.70 bits per heavy atom. The zero-order valence-electron chi connectivity index (χ0n) is 14.8. The number of piperidine rings is 1. The van der Waals surface area contributed by atoms with Crippen molar-refractivity contribution in [3.8, 4) is 11.3 Å². The number of aromatic nitrogens is 3. The molecule has 0 radical (unpaired) electrons. The predicted octanol–water partition coefficient (Wildman–Crippen LogP) is 3.70. The lowest BCUT2D eigenvalue weighted by molar-refractivity contribution is 0.0706. The first kappa shape index (κ1) is 17.3. The molecule has 5 nitrogen and oxygen atoms in total. The van der Waals surface area contributed by atoms with E-state index in [1.165, 1.54) is 12.1 Å². The first-order valence-corrected chi connectivity index (χ1v) is 8.98. The van der Waals surface area contributed by atoms with Gasteiger partial charge in [0.15, 0.2) is 0 Å². The zero-order valence-corrected chi connectivity index (χ0v) is 14.8. The van der Waals surface area contributed by atoms with E-state index in [1.54, 1.807) is 43.0 Å². The Balaban J connectivity index is 1.62. The van der Waals surface area contributed by atoms with Crippen molar-refractivity contribution in [3.63, 3.8) is 0 Å². The molecule has 136 valence electrons. The third-order valence-electron chi connectivity index (χ3n) is 4.85. The highest BCUT2D eigenvalue weighted by molar-refractivity contribution is 5.94. The number of pyridine rings is 1. The monoisotopic (exact) mass is 362 g/mol. The van der Waals surface area contributed by atoms with Gasteiger partial charge in [-0.05, 0) is 37.1 Å². The van der Waals surface area contributed by atoms with Crippen LogP contribution in [0.25, 0.3) is 11.3 Å². The van der Waals surface area contributed by atoms with Gasteiger partial charge in [0.2, 0.25) is 0 Å². The predicted molar refractivity (Wildman–Crippen MR) is 99.5 cm³/mol. The lowest BCUT2D eigenvalue weighted by Gasteiger charge is -2.33. The minimum Gasteiger partial charge on any atom is -0.338 e. The summed E-state index contributed by atoms with van der Waals surface area (Å²) < 4.78 is 13.7. The van der Waals surface area contributed by atoms with E-state index >= 15 is 0 Å². The van der Waals surface area contributed by atoms with Crippen LogP contribution in [0.5, 0.6) is 0 Å². The molecule has 1 amide bonds. The van der Waals surface area contributed by atoms with Crippen molar-refractivity contribution in [2.75, 3.05) is 13.1 Å². The third kappa shape index (κ3) is 3.69. The van der Waals surface area contributed by atoms with Crippen molar-refractivity contribution in [3.05, 3.63) is 78.3 Å². The summed E-state index contributed by atoms with van der Waals surface area (Å²) >= 11 is 0. The first-order valence-electron chi connectivity index (χ1n) is 8.98. The molecule has 0 saturated carbocycles. The Morgan fingerprint density at radius 2 is 1.89 bits per heavy atom. The maximum atomic E-state index is 13.7. The minimum atomic E-state index is -0.303. The van der Waals surface area contributed by atoms with Crippen LogP contribution in [0.15, 0.2) is 61.2 Å². The molecule has 1 atom stereocenters. The molecule has 0 spiro atoms. The first-order chi connectivity index (χ1) is 13.2. The van der Waals surface area contributed by atoms with Gasteiger partial charge in [-0.1, -0.05) is 12.1 Å². The van der Waals surface area contributed by atoms with Gasteiger partial charge in [0.25, 0.3) is 5.91 Å². The number of hydrogen-bond acceptors (Lipinski definition) is 4. The Hall–Kier alpha value is -3.15. The number of likely N-dealkylation sites (tertiary alicyclic amines) is 1. The number of rotatable bonds is 3. The maximum Gasteiger partial charge on any atom is 0.253 e. The van der Waals surface area contributed by atoms with Crippen LogP contribution in [0.2, 0.25) is 0 Å². The van der Waals surface area contributed by atoms with E-state index in [4.69, 9.17) is 0 Å². The van der Waals surface area contributed by atoms with E-state index in [1.807, 2.05) is 11.0 Å². The van der Waals surface area contributed by atoms with Gasteiger partial charge in [-0.3, -0.25) is 19.7 Å². The van der Waals surface area contributed by atoms with Crippen LogP contribution >= 0.6 is 0 Å². The highest BCUT2D eigenvalue weighted by atomic mass is 19.1. The molecule has 1 fully saturated rings. The minimum absolute atomic E-state index is 0.00158. The van der Waals surface area contributed by atoms with Gasteiger partial charge < -0.3 is 4.90 Å². The van der Waals surface area contributed by atoms with Crippen LogP contribution in [0.4, 0.5) is 4.39 Å². The standard InChI is InChI=1S/C21H19FN4O/c22-18-5-1-3-16(13-18)19-20(25-11-10-24-19)17-4-2-12-26(14-17)21(27)15-6-8-23-9-7-15/h1,3,5-11,13,17H,2,4,12,14H2. The summed E-state index contributed by atoms with van der Waals surface area (Å²) in [5.74, 6) is -0.239. The number of carbonyl (C=O) groups excluding carboxylic acids is 1. The summed E-state index contributed by atoms with van der Waals surface area (Å²) in [6, 6.07) is 9.84. The van der Waals surface area contributed by atoms with E-state index in [9.17, 15) is 9.18 Å². The second kappa shape index (κ2) is 7.61.